The zero-order valence-corrected chi connectivity index (χ0v) is 14.3. The van der Waals surface area contributed by atoms with Gasteiger partial charge in [-0.25, -0.2) is 0 Å². The van der Waals surface area contributed by atoms with Crippen molar-refractivity contribution < 1.29 is 9.53 Å². The van der Waals surface area contributed by atoms with Crippen LogP contribution in [0.5, 0.6) is 5.75 Å². The highest BCUT2D eigenvalue weighted by Crippen LogP contribution is 2.28. The van der Waals surface area contributed by atoms with E-state index in [1.54, 1.807) is 7.11 Å². The normalized spacial score (nSPS) is 20.6. The number of carbonyl (C=O) groups is 1. The highest BCUT2D eigenvalue weighted by atomic mass is 35.5. The van der Waals surface area contributed by atoms with E-state index < -0.39 is 0 Å². The van der Waals surface area contributed by atoms with E-state index in [-0.39, 0.29) is 24.4 Å². The molecule has 1 aliphatic rings. The predicted octanol–water partition coefficient (Wildman–Crippen LogP) is 3.14. The zero-order valence-electron chi connectivity index (χ0n) is 13.5. The number of hydrogen-bond acceptors (Lipinski definition) is 3. The number of carbonyl (C=O) groups excluding carboxylic acids is 1. The van der Waals surface area contributed by atoms with Crippen LogP contribution >= 0.6 is 12.4 Å². The molecule has 2 atom stereocenters. The summed E-state index contributed by atoms with van der Waals surface area (Å²) in [5, 5.41) is 8.48. The van der Waals surface area contributed by atoms with Crippen molar-refractivity contribution in [2.24, 2.45) is 0 Å². The van der Waals surface area contributed by atoms with Crippen LogP contribution in [0.4, 0.5) is 0 Å². The van der Waals surface area contributed by atoms with Gasteiger partial charge >= 0.3 is 0 Å². The fraction of sp³-hybridized carbons (Fsp3) is 0.389. The SMILES string of the molecule is COc1ccc(C(=O)NC2CCNC(C)C2)c2ccccc12.Cl. The minimum absolute atomic E-state index is 0. The third-order valence-corrected chi connectivity index (χ3v) is 4.31. The molecule has 0 radical (unpaired) electrons. The summed E-state index contributed by atoms with van der Waals surface area (Å²) < 4.78 is 5.39. The number of methoxy groups -OCH3 is 1. The van der Waals surface area contributed by atoms with Gasteiger partial charge in [-0.3, -0.25) is 4.79 Å². The maximum absolute atomic E-state index is 12.7. The summed E-state index contributed by atoms with van der Waals surface area (Å²) >= 11 is 0. The summed E-state index contributed by atoms with van der Waals surface area (Å²) in [5.41, 5.74) is 0.711. The van der Waals surface area contributed by atoms with E-state index in [0.717, 1.165) is 35.9 Å². The van der Waals surface area contributed by atoms with Gasteiger partial charge in [0.05, 0.1) is 7.11 Å². The number of hydrogen-bond donors (Lipinski definition) is 2. The first kappa shape index (κ1) is 17.6. The molecule has 2 unspecified atom stereocenters. The van der Waals surface area contributed by atoms with Gasteiger partial charge in [0, 0.05) is 23.0 Å². The van der Waals surface area contributed by atoms with Crippen LogP contribution in [-0.4, -0.2) is 31.6 Å². The molecule has 0 aromatic heterocycles. The van der Waals surface area contributed by atoms with Crippen LogP contribution < -0.4 is 15.4 Å². The Morgan fingerprint density at radius 1 is 1.22 bits per heavy atom. The topological polar surface area (TPSA) is 50.4 Å². The van der Waals surface area contributed by atoms with E-state index >= 15 is 0 Å². The zero-order chi connectivity index (χ0) is 15.5. The van der Waals surface area contributed by atoms with E-state index in [0.29, 0.717) is 11.6 Å². The molecule has 0 aliphatic carbocycles. The summed E-state index contributed by atoms with van der Waals surface area (Å²) in [6, 6.07) is 12.3. The predicted molar refractivity (Wildman–Crippen MR) is 95.7 cm³/mol. The summed E-state index contributed by atoms with van der Waals surface area (Å²) in [4.78, 5) is 12.7. The minimum atomic E-state index is -0.00190. The van der Waals surface area contributed by atoms with Crippen molar-refractivity contribution in [3.05, 3.63) is 42.0 Å². The highest BCUT2D eigenvalue weighted by Gasteiger charge is 2.21. The molecule has 0 bridgehead atoms. The Bertz CT molecular complexity index is 690. The number of piperidine rings is 1. The Morgan fingerprint density at radius 3 is 2.65 bits per heavy atom. The van der Waals surface area contributed by atoms with Gasteiger partial charge in [0.2, 0.25) is 0 Å². The molecule has 5 heteroatoms. The lowest BCUT2D eigenvalue weighted by Crippen LogP contribution is -2.46. The van der Waals surface area contributed by atoms with Gasteiger partial charge in [0.25, 0.3) is 5.91 Å². The van der Waals surface area contributed by atoms with Gasteiger partial charge in [0.1, 0.15) is 5.75 Å². The summed E-state index contributed by atoms with van der Waals surface area (Å²) in [5.74, 6) is 0.792. The molecule has 1 amide bonds. The van der Waals surface area contributed by atoms with Gasteiger partial charge in [0.15, 0.2) is 0 Å². The summed E-state index contributed by atoms with van der Waals surface area (Å²) in [6.07, 6.45) is 1.95. The lowest BCUT2D eigenvalue weighted by molar-refractivity contribution is 0.0927. The summed E-state index contributed by atoms with van der Waals surface area (Å²) in [6.45, 7) is 3.11. The van der Waals surface area contributed by atoms with Gasteiger partial charge < -0.3 is 15.4 Å². The number of amides is 1. The van der Waals surface area contributed by atoms with Gasteiger partial charge in [-0.1, -0.05) is 24.3 Å². The fourth-order valence-electron chi connectivity index (χ4n) is 3.17. The maximum Gasteiger partial charge on any atom is 0.252 e. The van der Waals surface area contributed by atoms with Crippen LogP contribution in [0.15, 0.2) is 36.4 Å². The lowest BCUT2D eigenvalue weighted by atomic mass is 9.99. The Labute approximate surface area is 143 Å². The second-order valence-corrected chi connectivity index (χ2v) is 5.91. The smallest absolute Gasteiger partial charge is 0.252 e. The van der Waals surface area contributed by atoms with Crippen molar-refractivity contribution in [1.29, 1.82) is 0 Å². The average molecular weight is 335 g/mol. The summed E-state index contributed by atoms with van der Waals surface area (Å²) in [7, 11) is 1.65. The molecule has 1 aliphatic heterocycles. The molecule has 1 heterocycles. The van der Waals surface area contributed by atoms with Crippen LogP contribution in [0.2, 0.25) is 0 Å². The molecule has 0 spiro atoms. The average Bonchev–Trinajstić information content (AvgIpc) is 2.53. The standard InChI is InChI=1S/C18H22N2O2.ClH/c1-12-11-13(9-10-19-12)20-18(21)16-7-8-17(22-2)15-6-4-3-5-14(15)16;/h3-8,12-13,19H,9-11H2,1-2H3,(H,20,21);1H. The number of halogens is 1. The molecule has 0 saturated carbocycles. The Kier molecular flexibility index (Phi) is 5.85. The monoisotopic (exact) mass is 334 g/mol. The van der Waals surface area contributed by atoms with E-state index in [2.05, 4.69) is 17.6 Å². The third-order valence-electron chi connectivity index (χ3n) is 4.31. The lowest BCUT2D eigenvalue weighted by Gasteiger charge is -2.28. The maximum atomic E-state index is 12.7. The molecule has 3 rings (SSSR count). The number of fused-ring (bicyclic) bond motifs is 1. The van der Waals surface area contributed by atoms with Crippen molar-refractivity contribution in [1.82, 2.24) is 10.6 Å². The van der Waals surface area contributed by atoms with Gasteiger partial charge in [-0.2, -0.15) is 0 Å². The van der Waals surface area contributed by atoms with E-state index in [1.807, 2.05) is 36.4 Å². The second-order valence-electron chi connectivity index (χ2n) is 5.91. The Morgan fingerprint density at radius 2 is 1.96 bits per heavy atom. The first-order valence-corrected chi connectivity index (χ1v) is 7.79. The molecular weight excluding hydrogens is 312 g/mol. The molecule has 2 N–H and O–H groups in total. The van der Waals surface area contributed by atoms with Crippen molar-refractivity contribution in [2.45, 2.75) is 31.8 Å². The molecule has 2 aromatic carbocycles. The molecule has 124 valence electrons. The van der Waals surface area contributed by atoms with Crippen LogP contribution in [0, 0.1) is 0 Å². The van der Waals surface area contributed by atoms with Crippen molar-refractivity contribution in [3.63, 3.8) is 0 Å². The molecule has 4 nitrogen and oxygen atoms in total. The number of benzene rings is 2. The Balaban J connectivity index is 0.00000192. The number of nitrogens with one attached hydrogen (secondary N) is 2. The van der Waals surface area contributed by atoms with Crippen LogP contribution in [0.1, 0.15) is 30.1 Å². The van der Waals surface area contributed by atoms with Crippen molar-refractivity contribution in [3.8, 4) is 5.75 Å². The van der Waals surface area contributed by atoms with Gasteiger partial charge in [-0.15, -0.1) is 12.4 Å². The second kappa shape index (κ2) is 7.66. The third kappa shape index (κ3) is 3.77. The highest BCUT2D eigenvalue weighted by molar-refractivity contribution is 6.08. The Hall–Kier alpha value is -1.78. The van der Waals surface area contributed by atoms with E-state index in [1.165, 1.54) is 0 Å². The van der Waals surface area contributed by atoms with Crippen molar-refractivity contribution >= 4 is 29.1 Å². The first-order chi connectivity index (χ1) is 10.7. The van der Waals surface area contributed by atoms with Crippen LogP contribution in [0.3, 0.4) is 0 Å². The van der Waals surface area contributed by atoms with Crippen LogP contribution in [-0.2, 0) is 0 Å². The van der Waals surface area contributed by atoms with Crippen LogP contribution in [0.25, 0.3) is 10.8 Å². The molecule has 23 heavy (non-hydrogen) atoms. The minimum Gasteiger partial charge on any atom is -0.496 e. The molecular formula is C18H23ClN2O2. The number of rotatable bonds is 3. The quantitative estimate of drug-likeness (QED) is 0.906. The largest absolute Gasteiger partial charge is 0.496 e. The number of ether oxygens (including phenoxy) is 1. The fourth-order valence-corrected chi connectivity index (χ4v) is 3.17. The molecule has 1 saturated heterocycles. The van der Waals surface area contributed by atoms with E-state index in [4.69, 9.17) is 4.74 Å². The van der Waals surface area contributed by atoms with Crippen molar-refractivity contribution in [2.75, 3.05) is 13.7 Å². The van der Waals surface area contributed by atoms with Gasteiger partial charge in [-0.05, 0) is 43.8 Å². The first-order valence-electron chi connectivity index (χ1n) is 7.79. The molecule has 1 fully saturated rings. The van der Waals surface area contributed by atoms with E-state index in [9.17, 15) is 4.79 Å². The molecule has 2 aromatic rings.